The van der Waals surface area contributed by atoms with E-state index in [4.69, 9.17) is 14.0 Å². The Hall–Kier alpha value is -2.38. The molecule has 0 unspecified atom stereocenters. The number of nitrogens with one attached hydrogen (secondary N) is 1. The highest BCUT2D eigenvalue weighted by Gasteiger charge is 2.46. The van der Waals surface area contributed by atoms with Crippen molar-refractivity contribution >= 4 is 5.91 Å². The number of ether oxygens (including phenoxy) is 2. The zero-order valence-corrected chi connectivity index (χ0v) is 15.5. The molecule has 3 heterocycles. The molecule has 0 aliphatic carbocycles. The molecule has 1 aromatic heterocycles. The number of carbonyl (C=O) groups excluding carboxylic acids is 1. The van der Waals surface area contributed by atoms with E-state index in [2.05, 4.69) is 21.4 Å². The highest BCUT2D eigenvalue weighted by Crippen LogP contribution is 2.37. The minimum Gasteiger partial charge on any atom is -0.496 e. The summed E-state index contributed by atoms with van der Waals surface area (Å²) in [7, 11) is 1.71. The zero-order valence-electron chi connectivity index (χ0n) is 15.5. The summed E-state index contributed by atoms with van der Waals surface area (Å²) in [5.41, 5.74) is 1.19. The first-order valence-electron chi connectivity index (χ1n) is 9.34. The minimum absolute atomic E-state index is 0.0204. The summed E-state index contributed by atoms with van der Waals surface area (Å²) in [5.74, 6) is 1.30. The first-order chi connectivity index (χ1) is 13.2. The van der Waals surface area contributed by atoms with Gasteiger partial charge in [0.05, 0.1) is 25.5 Å². The van der Waals surface area contributed by atoms with Crippen molar-refractivity contribution in [2.75, 3.05) is 33.4 Å². The molecule has 0 bridgehead atoms. The second-order valence-corrected chi connectivity index (χ2v) is 7.44. The molecular formula is C20H25N3O4. The van der Waals surface area contributed by atoms with Crippen molar-refractivity contribution < 1.29 is 18.8 Å². The second kappa shape index (κ2) is 7.70. The van der Waals surface area contributed by atoms with Gasteiger partial charge in [0.2, 0.25) is 5.76 Å². The van der Waals surface area contributed by atoms with Crippen molar-refractivity contribution in [3.63, 3.8) is 0 Å². The standard InChI is InChI=1S/C20H25N3O4/c1-25-17-5-3-2-4-16(17)11-23-13-20(14-23)8-6-15(12-26-20)10-21-19(24)18-7-9-22-27-18/h2-5,7,9,15H,6,8,10-14H2,1H3,(H,21,24)/t15-/m1/s1. The number of hydrogen-bond acceptors (Lipinski definition) is 6. The molecule has 2 aliphatic rings. The van der Waals surface area contributed by atoms with Crippen LogP contribution in [0.2, 0.25) is 0 Å². The normalized spacial score (nSPS) is 21.6. The van der Waals surface area contributed by atoms with E-state index in [1.807, 2.05) is 18.2 Å². The molecule has 144 valence electrons. The maximum atomic E-state index is 11.9. The van der Waals surface area contributed by atoms with Gasteiger partial charge in [-0.25, -0.2) is 0 Å². The summed E-state index contributed by atoms with van der Waals surface area (Å²) in [4.78, 5) is 14.3. The third-order valence-corrected chi connectivity index (χ3v) is 5.46. The molecule has 1 N–H and O–H groups in total. The second-order valence-electron chi connectivity index (χ2n) is 7.44. The van der Waals surface area contributed by atoms with Crippen LogP contribution < -0.4 is 10.1 Å². The Balaban J connectivity index is 1.21. The number of methoxy groups -OCH3 is 1. The van der Waals surface area contributed by atoms with Crippen LogP contribution in [0.1, 0.15) is 29.0 Å². The fourth-order valence-electron chi connectivity index (χ4n) is 3.94. The first kappa shape index (κ1) is 18.0. The van der Waals surface area contributed by atoms with E-state index in [1.54, 1.807) is 13.2 Å². The monoisotopic (exact) mass is 371 g/mol. The Bertz CT molecular complexity index is 761. The van der Waals surface area contributed by atoms with Gasteiger partial charge in [-0.1, -0.05) is 23.4 Å². The van der Waals surface area contributed by atoms with E-state index in [9.17, 15) is 4.79 Å². The van der Waals surface area contributed by atoms with Gasteiger partial charge >= 0.3 is 0 Å². The van der Waals surface area contributed by atoms with Crippen molar-refractivity contribution in [2.45, 2.75) is 25.0 Å². The van der Waals surface area contributed by atoms with Crippen LogP contribution in [-0.2, 0) is 11.3 Å². The Morgan fingerprint density at radius 3 is 2.93 bits per heavy atom. The predicted molar refractivity (Wildman–Crippen MR) is 98.5 cm³/mol. The number of para-hydroxylation sites is 1. The van der Waals surface area contributed by atoms with Gasteiger partial charge in [0.25, 0.3) is 5.91 Å². The van der Waals surface area contributed by atoms with Gasteiger partial charge < -0.3 is 19.3 Å². The van der Waals surface area contributed by atoms with E-state index in [-0.39, 0.29) is 17.3 Å². The van der Waals surface area contributed by atoms with Gasteiger partial charge in [-0.3, -0.25) is 9.69 Å². The highest BCUT2D eigenvalue weighted by atomic mass is 16.5. The number of rotatable bonds is 6. The van der Waals surface area contributed by atoms with Gasteiger partial charge in [0.1, 0.15) is 5.75 Å². The van der Waals surface area contributed by atoms with Crippen LogP contribution in [0.25, 0.3) is 0 Å². The Kier molecular flexibility index (Phi) is 5.13. The summed E-state index contributed by atoms with van der Waals surface area (Å²) in [5, 5.41) is 6.45. The molecule has 1 atom stereocenters. The lowest BCUT2D eigenvalue weighted by molar-refractivity contribution is -0.181. The number of carbonyl (C=O) groups is 1. The van der Waals surface area contributed by atoms with Crippen LogP contribution in [0.4, 0.5) is 0 Å². The fourth-order valence-corrected chi connectivity index (χ4v) is 3.94. The molecule has 0 saturated carbocycles. The van der Waals surface area contributed by atoms with E-state index in [1.165, 1.54) is 11.8 Å². The van der Waals surface area contributed by atoms with Crippen LogP contribution in [0.5, 0.6) is 5.75 Å². The van der Waals surface area contributed by atoms with Crippen LogP contribution in [0.15, 0.2) is 41.1 Å². The van der Waals surface area contributed by atoms with Gasteiger partial charge in [-0.15, -0.1) is 0 Å². The predicted octanol–water partition coefficient (Wildman–Crippen LogP) is 2.09. The highest BCUT2D eigenvalue weighted by molar-refractivity contribution is 5.91. The summed E-state index contributed by atoms with van der Waals surface area (Å²) >= 11 is 0. The van der Waals surface area contributed by atoms with Gasteiger partial charge in [-0.2, -0.15) is 0 Å². The number of amides is 1. The van der Waals surface area contributed by atoms with E-state index >= 15 is 0 Å². The molecule has 0 radical (unpaired) electrons. The molecule has 4 rings (SSSR count). The lowest BCUT2D eigenvalue weighted by atomic mass is 9.82. The average Bonchev–Trinajstić information content (AvgIpc) is 3.21. The Morgan fingerprint density at radius 1 is 1.37 bits per heavy atom. The largest absolute Gasteiger partial charge is 0.496 e. The fraction of sp³-hybridized carbons (Fsp3) is 0.500. The summed E-state index contributed by atoms with van der Waals surface area (Å²) < 4.78 is 16.5. The molecule has 2 saturated heterocycles. The molecule has 27 heavy (non-hydrogen) atoms. The molecule has 1 spiro atoms. The van der Waals surface area contributed by atoms with Crippen molar-refractivity contribution in [3.8, 4) is 5.75 Å². The SMILES string of the molecule is COc1ccccc1CN1CC2(CC[C@H](CNC(=O)c3ccno3)CO2)C1. The molecule has 1 amide bonds. The third kappa shape index (κ3) is 3.99. The number of nitrogens with zero attached hydrogens (tertiary/aromatic N) is 2. The van der Waals surface area contributed by atoms with Crippen molar-refractivity contribution in [3.05, 3.63) is 47.9 Å². The zero-order chi connectivity index (χ0) is 18.7. The van der Waals surface area contributed by atoms with Gasteiger partial charge in [0.15, 0.2) is 0 Å². The van der Waals surface area contributed by atoms with Crippen LogP contribution in [0.3, 0.4) is 0 Å². The molecule has 2 aromatic rings. The number of hydrogen-bond donors (Lipinski definition) is 1. The van der Waals surface area contributed by atoms with Gasteiger partial charge in [0, 0.05) is 37.8 Å². The molecular weight excluding hydrogens is 346 g/mol. The van der Waals surface area contributed by atoms with Crippen LogP contribution >= 0.6 is 0 Å². The topological polar surface area (TPSA) is 76.8 Å². The lowest BCUT2D eigenvalue weighted by Crippen LogP contribution is -2.64. The third-order valence-electron chi connectivity index (χ3n) is 5.46. The number of likely N-dealkylation sites (tertiary alicyclic amines) is 1. The van der Waals surface area contributed by atoms with E-state index in [0.29, 0.717) is 19.1 Å². The summed E-state index contributed by atoms with van der Waals surface area (Å²) in [6.45, 7) is 4.05. The van der Waals surface area contributed by atoms with Crippen LogP contribution in [-0.4, -0.2) is 54.9 Å². The summed E-state index contributed by atoms with van der Waals surface area (Å²) in [6, 6.07) is 9.71. The van der Waals surface area contributed by atoms with E-state index in [0.717, 1.165) is 38.2 Å². The smallest absolute Gasteiger partial charge is 0.289 e. The maximum Gasteiger partial charge on any atom is 0.289 e. The Morgan fingerprint density at radius 2 is 2.22 bits per heavy atom. The Labute approximate surface area is 158 Å². The van der Waals surface area contributed by atoms with Gasteiger partial charge in [-0.05, 0) is 24.8 Å². The first-order valence-corrected chi connectivity index (χ1v) is 9.34. The summed E-state index contributed by atoms with van der Waals surface area (Å²) in [6.07, 6.45) is 3.55. The molecule has 7 heteroatoms. The van der Waals surface area contributed by atoms with Crippen molar-refractivity contribution in [2.24, 2.45) is 5.92 Å². The average molecular weight is 371 g/mol. The molecule has 1 aromatic carbocycles. The quantitative estimate of drug-likeness (QED) is 0.838. The van der Waals surface area contributed by atoms with E-state index < -0.39 is 0 Å². The number of benzene rings is 1. The van der Waals surface area contributed by atoms with Crippen molar-refractivity contribution in [1.82, 2.24) is 15.4 Å². The minimum atomic E-state index is -0.223. The molecule has 2 fully saturated rings. The molecule has 7 nitrogen and oxygen atoms in total. The maximum absolute atomic E-state index is 11.9. The number of aromatic nitrogens is 1. The lowest BCUT2D eigenvalue weighted by Gasteiger charge is -2.53. The van der Waals surface area contributed by atoms with Crippen LogP contribution in [0, 0.1) is 5.92 Å². The molecule has 2 aliphatic heterocycles. The van der Waals surface area contributed by atoms with Crippen molar-refractivity contribution in [1.29, 1.82) is 0 Å².